The summed E-state index contributed by atoms with van der Waals surface area (Å²) in [7, 11) is 0. The fourth-order valence-corrected chi connectivity index (χ4v) is 4.82. The number of aliphatic hydroxyl groups is 1. The monoisotopic (exact) mass is 618 g/mol. The number of unbranched alkanes of at least 4 members (excludes halogenated alkanes) is 1. The number of amides is 3. The largest absolute Gasteiger partial charge is 0.493 e. The number of nitrogens with one attached hydrogen (secondary N) is 1. The van der Waals surface area contributed by atoms with Gasteiger partial charge in [-0.1, -0.05) is 32.0 Å². The maximum absolute atomic E-state index is 13.4. The van der Waals surface area contributed by atoms with Gasteiger partial charge in [0, 0.05) is 12.1 Å². The molecule has 7 nitrogen and oxygen atoms in total. The molecule has 0 radical (unpaired) electrons. The predicted molar refractivity (Wildman–Crippen MR) is 146 cm³/mol. The fourth-order valence-electron chi connectivity index (χ4n) is 4.82. The molecule has 3 amide bonds. The molecule has 1 heterocycles. The summed E-state index contributed by atoms with van der Waals surface area (Å²) >= 11 is 0. The summed E-state index contributed by atoms with van der Waals surface area (Å²) in [5.41, 5.74) is -7.00. The van der Waals surface area contributed by atoms with Crippen LogP contribution in [0.5, 0.6) is 11.5 Å². The molecule has 1 aliphatic heterocycles. The van der Waals surface area contributed by atoms with Gasteiger partial charge in [0.15, 0.2) is 0 Å². The topological polar surface area (TPSA) is 88.1 Å². The Morgan fingerprint density at radius 1 is 0.930 bits per heavy atom. The maximum atomic E-state index is 13.4. The zero-order valence-corrected chi connectivity index (χ0v) is 24.5. The third-order valence-corrected chi connectivity index (χ3v) is 7.04. The summed E-state index contributed by atoms with van der Waals surface area (Å²) in [6.07, 6.45) is -11.3. The number of hydrogen-bond donors (Lipinski definition) is 2. The zero-order valence-electron chi connectivity index (χ0n) is 24.5. The Morgan fingerprint density at radius 3 is 2.07 bits per heavy atom. The van der Waals surface area contributed by atoms with Gasteiger partial charge < -0.3 is 19.9 Å². The van der Waals surface area contributed by atoms with E-state index in [1.165, 1.54) is 0 Å². The first-order valence-corrected chi connectivity index (χ1v) is 13.8. The Kier molecular flexibility index (Phi) is 9.99. The summed E-state index contributed by atoms with van der Waals surface area (Å²) < 4.78 is 91.6. The van der Waals surface area contributed by atoms with Gasteiger partial charge in [0.2, 0.25) is 0 Å². The first kappa shape index (κ1) is 34.0. The summed E-state index contributed by atoms with van der Waals surface area (Å²) in [5.74, 6) is 0.123. The normalized spacial score (nSPS) is 18.0. The summed E-state index contributed by atoms with van der Waals surface area (Å²) in [6, 6.07) is 8.49. The number of halogens is 6. The van der Waals surface area contributed by atoms with E-state index < -0.39 is 41.0 Å². The fraction of sp³-hybridized carbons (Fsp3) is 0.533. The Morgan fingerprint density at radius 2 is 1.53 bits per heavy atom. The van der Waals surface area contributed by atoms with E-state index in [-0.39, 0.29) is 42.9 Å². The van der Waals surface area contributed by atoms with Gasteiger partial charge in [-0.25, -0.2) is 4.79 Å². The standard InChI is InChI=1S/C30H36F6N2O5/c1-18(2)16-20-17-22(28(41,29(31,32)33)30(34,35)36)10-13-24(20)42-15-7-6-14-38-25(39)27(5,37-26(38)40)21-8-11-23(12-9-21)43-19(3)4/h8-13,17-19,41H,6-7,14-16H2,1-5H3,(H,37,40). The minimum absolute atomic E-state index is 0.0193. The molecule has 1 aliphatic rings. The highest BCUT2D eigenvalue weighted by Gasteiger charge is 2.71. The third-order valence-electron chi connectivity index (χ3n) is 7.04. The van der Waals surface area contributed by atoms with E-state index in [9.17, 15) is 41.0 Å². The Bertz CT molecular complexity index is 1280. The van der Waals surface area contributed by atoms with E-state index >= 15 is 0 Å². The number of hydrogen-bond acceptors (Lipinski definition) is 5. The minimum atomic E-state index is -6.00. The third kappa shape index (κ3) is 7.19. The van der Waals surface area contributed by atoms with Crippen LogP contribution in [0.1, 0.15) is 64.2 Å². The van der Waals surface area contributed by atoms with Gasteiger partial charge in [-0.15, -0.1) is 0 Å². The average Bonchev–Trinajstić information content (AvgIpc) is 3.10. The van der Waals surface area contributed by atoms with Gasteiger partial charge in [0.1, 0.15) is 17.0 Å². The molecule has 1 fully saturated rings. The molecule has 2 aromatic rings. The van der Waals surface area contributed by atoms with E-state index in [1.54, 1.807) is 45.0 Å². The predicted octanol–water partition coefficient (Wildman–Crippen LogP) is 6.61. The Hall–Kier alpha value is -3.48. The number of rotatable bonds is 12. The average molecular weight is 619 g/mol. The number of alkyl halides is 6. The van der Waals surface area contributed by atoms with Crippen molar-refractivity contribution in [3.05, 3.63) is 59.2 Å². The van der Waals surface area contributed by atoms with Gasteiger partial charge in [-0.3, -0.25) is 9.69 Å². The second-order valence-corrected chi connectivity index (χ2v) is 11.4. The molecule has 43 heavy (non-hydrogen) atoms. The molecule has 0 spiro atoms. The van der Waals surface area contributed by atoms with Crippen LogP contribution < -0.4 is 14.8 Å². The lowest BCUT2D eigenvalue weighted by Gasteiger charge is -2.33. The van der Waals surface area contributed by atoms with Crippen LogP contribution in [-0.2, 0) is 22.4 Å². The number of nitrogens with zero attached hydrogens (tertiary/aromatic N) is 1. The van der Waals surface area contributed by atoms with E-state index in [0.29, 0.717) is 36.3 Å². The lowest BCUT2D eigenvalue weighted by molar-refractivity contribution is -0.376. The first-order valence-electron chi connectivity index (χ1n) is 13.8. The number of imide groups is 1. The van der Waals surface area contributed by atoms with Crippen LogP contribution in [0.2, 0.25) is 0 Å². The van der Waals surface area contributed by atoms with Crippen molar-refractivity contribution >= 4 is 11.9 Å². The zero-order chi connectivity index (χ0) is 32.4. The minimum Gasteiger partial charge on any atom is -0.493 e. The second kappa shape index (κ2) is 12.6. The van der Waals surface area contributed by atoms with Gasteiger partial charge in [0.05, 0.1) is 12.7 Å². The van der Waals surface area contributed by atoms with Crippen LogP contribution in [-0.4, -0.2) is 53.6 Å². The van der Waals surface area contributed by atoms with Crippen molar-refractivity contribution in [2.45, 2.75) is 83.5 Å². The van der Waals surface area contributed by atoms with Crippen molar-refractivity contribution < 1.29 is 50.5 Å². The van der Waals surface area contributed by atoms with Crippen LogP contribution in [0.15, 0.2) is 42.5 Å². The Balaban J connectivity index is 1.65. The van der Waals surface area contributed by atoms with Crippen LogP contribution in [0.3, 0.4) is 0 Å². The van der Waals surface area contributed by atoms with E-state index in [1.807, 2.05) is 13.8 Å². The van der Waals surface area contributed by atoms with E-state index in [4.69, 9.17) is 9.47 Å². The molecule has 2 N–H and O–H groups in total. The SMILES string of the molecule is CC(C)Cc1cc(C(O)(C(F)(F)F)C(F)(F)F)ccc1OCCCCN1C(=O)NC(C)(c2ccc(OC(C)C)cc2)C1=O. The Labute approximate surface area is 246 Å². The molecule has 3 rings (SSSR count). The summed E-state index contributed by atoms with van der Waals surface area (Å²) in [6.45, 7) is 8.93. The maximum Gasteiger partial charge on any atom is 0.430 e. The van der Waals surface area contributed by atoms with Gasteiger partial charge >= 0.3 is 18.4 Å². The molecule has 0 saturated carbocycles. The number of carbonyl (C=O) groups is 2. The molecule has 0 bridgehead atoms. The molecule has 13 heteroatoms. The smallest absolute Gasteiger partial charge is 0.430 e. The van der Waals surface area contributed by atoms with Crippen molar-refractivity contribution in [3.63, 3.8) is 0 Å². The number of carbonyl (C=O) groups excluding carboxylic acids is 2. The molecule has 1 saturated heterocycles. The number of urea groups is 1. The second-order valence-electron chi connectivity index (χ2n) is 11.4. The lowest BCUT2D eigenvalue weighted by Crippen LogP contribution is -2.53. The van der Waals surface area contributed by atoms with Gasteiger partial charge in [-0.05, 0) is 81.3 Å². The summed E-state index contributed by atoms with van der Waals surface area (Å²) in [5, 5.41) is 12.5. The van der Waals surface area contributed by atoms with Crippen LogP contribution in [0.25, 0.3) is 0 Å². The molecule has 1 atom stereocenters. The molecule has 0 aliphatic carbocycles. The molecule has 238 valence electrons. The van der Waals surface area contributed by atoms with E-state index in [0.717, 1.165) is 11.0 Å². The van der Waals surface area contributed by atoms with Crippen molar-refractivity contribution in [2.75, 3.05) is 13.2 Å². The van der Waals surface area contributed by atoms with Crippen molar-refractivity contribution in [2.24, 2.45) is 5.92 Å². The highest BCUT2D eigenvalue weighted by atomic mass is 19.4. The highest BCUT2D eigenvalue weighted by Crippen LogP contribution is 2.50. The molecule has 2 aromatic carbocycles. The van der Waals surface area contributed by atoms with Crippen LogP contribution in [0.4, 0.5) is 31.1 Å². The quantitative estimate of drug-likeness (QED) is 0.159. The van der Waals surface area contributed by atoms with E-state index in [2.05, 4.69) is 5.32 Å². The highest BCUT2D eigenvalue weighted by molar-refractivity contribution is 6.07. The van der Waals surface area contributed by atoms with Crippen LogP contribution in [0, 0.1) is 5.92 Å². The molecular formula is C30H36F6N2O5. The summed E-state index contributed by atoms with van der Waals surface area (Å²) in [4.78, 5) is 26.9. The molecule has 1 unspecified atom stereocenters. The van der Waals surface area contributed by atoms with Gasteiger partial charge in [0.25, 0.3) is 11.5 Å². The first-order chi connectivity index (χ1) is 19.8. The number of benzene rings is 2. The van der Waals surface area contributed by atoms with Crippen molar-refractivity contribution in [3.8, 4) is 11.5 Å². The molecular weight excluding hydrogens is 582 g/mol. The number of ether oxygens (including phenoxy) is 2. The lowest BCUT2D eigenvalue weighted by atomic mass is 9.89. The van der Waals surface area contributed by atoms with Crippen molar-refractivity contribution in [1.82, 2.24) is 10.2 Å². The van der Waals surface area contributed by atoms with Crippen molar-refractivity contribution in [1.29, 1.82) is 0 Å². The van der Waals surface area contributed by atoms with Crippen LogP contribution >= 0.6 is 0 Å². The van der Waals surface area contributed by atoms with Gasteiger partial charge in [-0.2, -0.15) is 26.3 Å². The molecule has 0 aromatic heterocycles.